The van der Waals surface area contributed by atoms with Crippen molar-refractivity contribution in [3.05, 3.63) is 71.5 Å². The van der Waals surface area contributed by atoms with Gasteiger partial charge >= 0.3 is 6.18 Å². The predicted octanol–water partition coefficient (Wildman–Crippen LogP) is 5.00. The van der Waals surface area contributed by atoms with E-state index in [9.17, 15) is 18.0 Å². The molecule has 1 saturated heterocycles. The number of aromatic nitrogens is 2. The van der Waals surface area contributed by atoms with Crippen LogP contribution in [0, 0.1) is 0 Å². The first kappa shape index (κ1) is 26.2. The predicted molar refractivity (Wildman–Crippen MR) is 134 cm³/mol. The van der Waals surface area contributed by atoms with Crippen molar-refractivity contribution in [2.75, 3.05) is 42.8 Å². The topological polar surface area (TPSA) is 97.4 Å². The number of ether oxygens (including phenoxy) is 2. The van der Waals surface area contributed by atoms with Crippen molar-refractivity contribution >= 4 is 23.2 Å². The van der Waals surface area contributed by atoms with Crippen LogP contribution >= 0.6 is 0 Å². The zero-order valence-corrected chi connectivity index (χ0v) is 20.3. The van der Waals surface area contributed by atoms with Gasteiger partial charge in [0, 0.05) is 44.3 Å². The Morgan fingerprint density at radius 2 is 2.03 bits per heavy atom. The number of carbonyl (C=O) groups excluding carboxylic acids is 1. The number of nitrogens with one attached hydrogen (secondary N) is 3. The molecule has 1 atom stereocenters. The van der Waals surface area contributed by atoms with Crippen molar-refractivity contribution < 1.29 is 27.4 Å². The van der Waals surface area contributed by atoms with Gasteiger partial charge in [-0.15, -0.1) is 0 Å². The maximum Gasteiger partial charge on any atom is 0.416 e. The van der Waals surface area contributed by atoms with Gasteiger partial charge in [-0.05, 0) is 61.2 Å². The number of pyridine rings is 2. The second-order valence-corrected chi connectivity index (χ2v) is 8.52. The molecule has 0 aliphatic carbocycles. The molecule has 1 fully saturated rings. The Hall–Kier alpha value is -3.86. The van der Waals surface area contributed by atoms with Crippen molar-refractivity contribution in [2.45, 2.75) is 31.5 Å². The fourth-order valence-electron chi connectivity index (χ4n) is 3.90. The van der Waals surface area contributed by atoms with Crippen molar-refractivity contribution in [3.63, 3.8) is 0 Å². The van der Waals surface area contributed by atoms with Gasteiger partial charge in [0.25, 0.3) is 5.91 Å². The lowest BCUT2D eigenvalue weighted by molar-refractivity contribution is -0.137. The van der Waals surface area contributed by atoms with Gasteiger partial charge < -0.3 is 25.4 Å². The molecule has 1 amide bonds. The summed E-state index contributed by atoms with van der Waals surface area (Å²) in [5, 5.41) is 8.67. The Bertz CT molecular complexity index is 1220. The lowest BCUT2D eigenvalue weighted by Crippen LogP contribution is -2.18. The minimum absolute atomic E-state index is 0.00319. The standard InChI is InChI=1S/C26H28F3N5O3/c1-30-23-12-17(6-9-31-23)7-10-33-24-22(5-2-8-32-24)25(35)34-19-13-18(26(27,28)29)14-21(15-19)37-16-20-4-3-11-36-20/h2,5-6,8-9,12-15,20H,3-4,7,10-11,16H2,1H3,(H,30,31)(H,32,33)(H,34,35)/t20-/m0/s1. The third kappa shape index (κ3) is 7.32. The molecular formula is C26H28F3N5O3. The van der Waals surface area contributed by atoms with Crippen LogP contribution in [0.5, 0.6) is 5.75 Å². The van der Waals surface area contributed by atoms with Crippen molar-refractivity contribution in [3.8, 4) is 5.75 Å². The van der Waals surface area contributed by atoms with Crippen LogP contribution < -0.4 is 20.7 Å². The molecule has 11 heteroatoms. The first-order chi connectivity index (χ1) is 17.8. The number of hydrogen-bond acceptors (Lipinski definition) is 7. The van der Waals surface area contributed by atoms with E-state index in [1.807, 2.05) is 12.1 Å². The number of nitrogens with zero attached hydrogens (tertiary/aromatic N) is 2. The molecule has 0 unspecified atom stereocenters. The smallest absolute Gasteiger partial charge is 0.416 e. The molecule has 0 saturated carbocycles. The molecule has 3 N–H and O–H groups in total. The second kappa shape index (κ2) is 11.9. The molecule has 3 aromatic rings. The van der Waals surface area contributed by atoms with Crippen LogP contribution in [0.4, 0.5) is 30.5 Å². The number of hydrogen-bond donors (Lipinski definition) is 3. The van der Waals surface area contributed by atoms with E-state index in [2.05, 4.69) is 25.9 Å². The molecule has 3 heterocycles. The number of amides is 1. The lowest BCUT2D eigenvalue weighted by Gasteiger charge is -2.16. The largest absolute Gasteiger partial charge is 0.491 e. The summed E-state index contributed by atoms with van der Waals surface area (Å²) in [4.78, 5) is 21.5. The SMILES string of the molecule is CNc1cc(CCNc2ncccc2C(=O)Nc2cc(OC[C@@H]3CCCO3)cc(C(F)(F)F)c2)ccn1. The minimum Gasteiger partial charge on any atom is -0.491 e. The van der Waals surface area contributed by atoms with E-state index in [0.29, 0.717) is 25.4 Å². The van der Waals surface area contributed by atoms with Crippen molar-refractivity contribution in [1.82, 2.24) is 9.97 Å². The highest BCUT2D eigenvalue weighted by Crippen LogP contribution is 2.34. The lowest BCUT2D eigenvalue weighted by atomic mass is 10.1. The molecular weight excluding hydrogens is 487 g/mol. The van der Waals surface area contributed by atoms with Crippen LogP contribution in [0.25, 0.3) is 0 Å². The number of alkyl halides is 3. The Morgan fingerprint density at radius 3 is 2.78 bits per heavy atom. The van der Waals surface area contributed by atoms with Gasteiger partial charge in [0.1, 0.15) is 24.0 Å². The number of carbonyl (C=O) groups is 1. The van der Waals surface area contributed by atoms with Gasteiger partial charge in [-0.3, -0.25) is 4.79 Å². The van der Waals surface area contributed by atoms with E-state index in [1.165, 1.54) is 12.3 Å². The summed E-state index contributed by atoms with van der Waals surface area (Å²) in [5.41, 5.74) is 0.282. The van der Waals surface area contributed by atoms with Gasteiger partial charge in [0.05, 0.1) is 17.2 Å². The van der Waals surface area contributed by atoms with E-state index in [0.717, 1.165) is 36.4 Å². The van der Waals surface area contributed by atoms with Crippen LogP contribution in [0.2, 0.25) is 0 Å². The maximum atomic E-state index is 13.5. The summed E-state index contributed by atoms with van der Waals surface area (Å²) in [7, 11) is 1.78. The molecule has 1 aromatic carbocycles. The zero-order valence-electron chi connectivity index (χ0n) is 20.3. The minimum atomic E-state index is -4.61. The van der Waals surface area contributed by atoms with E-state index in [-0.39, 0.29) is 29.7 Å². The molecule has 196 valence electrons. The summed E-state index contributed by atoms with van der Waals surface area (Å²) in [6.45, 7) is 1.23. The summed E-state index contributed by atoms with van der Waals surface area (Å²) in [6, 6.07) is 10.1. The summed E-state index contributed by atoms with van der Waals surface area (Å²) < 4.78 is 51.6. The van der Waals surface area contributed by atoms with E-state index in [4.69, 9.17) is 9.47 Å². The molecule has 8 nitrogen and oxygen atoms in total. The number of benzene rings is 1. The van der Waals surface area contributed by atoms with E-state index >= 15 is 0 Å². The van der Waals surface area contributed by atoms with Gasteiger partial charge in [0.15, 0.2) is 0 Å². The number of rotatable bonds is 10. The van der Waals surface area contributed by atoms with Crippen LogP contribution in [0.1, 0.15) is 34.3 Å². The first-order valence-corrected chi connectivity index (χ1v) is 11.9. The second-order valence-electron chi connectivity index (χ2n) is 8.52. The number of anilines is 3. The van der Waals surface area contributed by atoms with Gasteiger partial charge in [0.2, 0.25) is 0 Å². The van der Waals surface area contributed by atoms with Crippen LogP contribution in [-0.2, 0) is 17.3 Å². The molecule has 4 rings (SSSR count). The molecule has 0 radical (unpaired) electrons. The maximum absolute atomic E-state index is 13.5. The molecule has 1 aliphatic heterocycles. The Kier molecular flexibility index (Phi) is 8.44. The summed E-state index contributed by atoms with van der Waals surface area (Å²) in [5.74, 6) is 0.477. The molecule has 2 aromatic heterocycles. The van der Waals surface area contributed by atoms with Gasteiger partial charge in [-0.1, -0.05) is 0 Å². The van der Waals surface area contributed by atoms with Crippen molar-refractivity contribution in [1.29, 1.82) is 0 Å². The summed E-state index contributed by atoms with van der Waals surface area (Å²) >= 11 is 0. The molecule has 0 bridgehead atoms. The van der Waals surface area contributed by atoms with Crippen molar-refractivity contribution in [2.24, 2.45) is 0 Å². The Labute approximate surface area is 212 Å². The van der Waals surface area contributed by atoms with Crippen LogP contribution in [0.15, 0.2) is 54.9 Å². The molecule has 1 aliphatic rings. The third-order valence-electron chi connectivity index (χ3n) is 5.79. The van der Waals surface area contributed by atoms with Crippen LogP contribution in [-0.4, -0.2) is 48.8 Å². The molecule has 37 heavy (non-hydrogen) atoms. The van der Waals surface area contributed by atoms with Gasteiger partial charge in [-0.2, -0.15) is 13.2 Å². The average Bonchev–Trinajstić information content (AvgIpc) is 3.41. The zero-order chi connectivity index (χ0) is 26.3. The Morgan fingerprint density at radius 1 is 1.16 bits per heavy atom. The summed E-state index contributed by atoms with van der Waals surface area (Å²) in [6.07, 6.45) is 0.794. The quantitative estimate of drug-likeness (QED) is 0.350. The normalized spacial score (nSPS) is 15.3. The monoisotopic (exact) mass is 515 g/mol. The highest BCUT2D eigenvalue weighted by atomic mass is 19.4. The first-order valence-electron chi connectivity index (χ1n) is 11.9. The Balaban J connectivity index is 1.45. The molecule has 0 spiro atoms. The fourth-order valence-corrected chi connectivity index (χ4v) is 3.90. The highest BCUT2D eigenvalue weighted by Gasteiger charge is 2.32. The van der Waals surface area contributed by atoms with Crippen LogP contribution in [0.3, 0.4) is 0 Å². The van der Waals surface area contributed by atoms with E-state index in [1.54, 1.807) is 25.4 Å². The highest BCUT2D eigenvalue weighted by molar-refractivity contribution is 6.07. The van der Waals surface area contributed by atoms with E-state index < -0.39 is 17.6 Å². The average molecular weight is 516 g/mol. The number of halogens is 3. The fraction of sp³-hybridized carbons (Fsp3) is 0.346. The van der Waals surface area contributed by atoms with Gasteiger partial charge in [-0.25, -0.2) is 9.97 Å². The third-order valence-corrected chi connectivity index (χ3v) is 5.79.